The highest BCUT2D eigenvalue weighted by Crippen LogP contribution is 2.23. The molecule has 0 fully saturated rings. The summed E-state index contributed by atoms with van der Waals surface area (Å²) in [5.41, 5.74) is 1.80. The number of esters is 1. The summed E-state index contributed by atoms with van der Waals surface area (Å²) in [6.07, 6.45) is 9.14. The highest BCUT2D eigenvalue weighted by Gasteiger charge is 2.17. The van der Waals surface area contributed by atoms with Gasteiger partial charge in [-0.25, -0.2) is 4.79 Å². The first-order chi connectivity index (χ1) is 16.5. The molecule has 180 valence electrons. The SMILES string of the molecule is CCCCCCCCc1ccc(C(=O)Nc2cccc3c(=O)cc(C(=O)OCCC)oc23)cc1. The highest BCUT2D eigenvalue weighted by molar-refractivity contribution is 6.08. The summed E-state index contributed by atoms with van der Waals surface area (Å²) < 4.78 is 10.8. The number of carbonyl (C=O) groups excluding carboxylic acids is 2. The minimum Gasteiger partial charge on any atom is -0.460 e. The van der Waals surface area contributed by atoms with Crippen molar-refractivity contribution in [2.24, 2.45) is 0 Å². The monoisotopic (exact) mass is 463 g/mol. The average molecular weight is 464 g/mol. The molecule has 1 aromatic heterocycles. The molecule has 0 atom stereocenters. The molecular formula is C28H33NO5. The Morgan fingerprint density at radius 2 is 1.65 bits per heavy atom. The van der Waals surface area contributed by atoms with Crippen molar-refractivity contribution in [1.29, 1.82) is 0 Å². The minimum atomic E-state index is -0.706. The first-order valence-electron chi connectivity index (χ1n) is 12.2. The van der Waals surface area contributed by atoms with Gasteiger partial charge in [0.05, 0.1) is 17.7 Å². The van der Waals surface area contributed by atoms with Gasteiger partial charge in [-0.1, -0.05) is 64.2 Å². The van der Waals surface area contributed by atoms with Crippen LogP contribution in [0.2, 0.25) is 0 Å². The summed E-state index contributed by atoms with van der Waals surface area (Å²) in [6.45, 7) is 4.32. The third-order valence-corrected chi connectivity index (χ3v) is 5.68. The van der Waals surface area contributed by atoms with E-state index in [-0.39, 0.29) is 34.7 Å². The molecule has 1 N–H and O–H groups in total. The highest BCUT2D eigenvalue weighted by atomic mass is 16.5. The number of unbranched alkanes of at least 4 members (excludes halogenated alkanes) is 5. The van der Waals surface area contributed by atoms with Crippen molar-refractivity contribution in [2.45, 2.75) is 65.2 Å². The summed E-state index contributed by atoms with van der Waals surface area (Å²) in [5.74, 6) is -1.21. The zero-order valence-electron chi connectivity index (χ0n) is 20.0. The molecule has 1 amide bonds. The lowest BCUT2D eigenvalue weighted by Gasteiger charge is -2.10. The smallest absolute Gasteiger partial charge is 0.374 e. The van der Waals surface area contributed by atoms with Gasteiger partial charge < -0.3 is 14.5 Å². The third-order valence-electron chi connectivity index (χ3n) is 5.68. The van der Waals surface area contributed by atoms with Crippen molar-refractivity contribution in [3.63, 3.8) is 0 Å². The number of rotatable bonds is 12. The quantitative estimate of drug-likeness (QED) is 0.244. The number of ether oxygens (including phenoxy) is 1. The first kappa shape index (κ1) is 25.2. The van der Waals surface area contributed by atoms with E-state index in [0.717, 1.165) is 18.9 Å². The lowest BCUT2D eigenvalue weighted by Crippen LogP contribution is -2.14. The summed E-state index contributed by atoms with van der Waals surface area (Å²) in [4.78, 5) is 37.5. The molecule has 0 spiro atoms. The van der Waals surface area contributed by atoms with Crippen LogP contribution < -0.4 is 10.7 Å². The van der Waals surface area contributed by atoms with Gasteiger partial charge in [0, 0.05) is 11.6 Å². The van der Waals surface area contributed by atoms with E-state index in [1.54, 1.807) is 30.3 Å². The number of aryl methyl sites for hydroxylation is 1. The molecule has 0 aliphatic heterocycles. The predicted molar refractivity (Wildman–Crippen MR) is 135 cm³/mol. The molecule has 0 radical (unpaired) electrons. The molecule has 2 aromatic carbocycles. The molecule has 3 rings (SSSR count). The fourth-order valence-corrected chi connectivity index (χ4v) is 3.77. The molecule has 0 bridgehead atoms. The van der Waals surface area contributed by atoms with Gasteiger partial charge in [0.2, 0.25) is 5.76 Å². The van der Waals surface area contributed by atoms with Gasteiger partial charge >= 0.3 is 5.97 Å². The Kier molecular flexibility index (Phi) is 9.44. The van der Waals surface area contributed by atoms with Gasteiger partial charge in [-0.05, 0) is 49.1 Å². The van der Waals surface area contributed by atoms with Crippen LogP contribution in [-0.2, 0) is 11.2 Å². The molecule has 1 heterocycles. The van der Waals surface area contributed by atoms with E-state index in [1.165, 1.54) is 37.7 Å². The summed E-state index contributed by atoms with van der Waals surface area (Å²) >= 11 is 0. The summed E-state index contributed by atoms with van der Waals surface area (Å²) in [7, 11) is 0. The van der Waals surface area contributed by atoms with Crippen LogP contribution in [-0.4, -0.2) is 18.5 Å². The van der Waals surface area contributed by atoms with E-state index in [4.69, 9.17) is 9.15 Å². The molecule has 6 heteroatoms. The number of benzene rings is 2. The van der Waals surface area contributed by atoms with Gasteiger partial charge in [-0.2, -0.15) is 0 Å². The number of para-hydroxylation sites is 1. The zero-order valence-corrected chi connectivity index (χ0v) is 20.0. The van der Waals surface area contributed by atoms with Crippen LogP contribution in [0.1, 0.15) is 85.3 Å². The van der Waals surface area contributed by atoms with Crippen molar-refractivity contribution in [2.75, 3.05) is 11.9 Å². The van der Waals surface area contributed by atoms with Gasteiger partial charge in [-0.3, -0.25) is 9.59 Å². The molecule has 0 saturated carbocycles. The van der Waals surface area contributed by atoms with Crippen molar-refractivity contribution < 1.29 is 18.7 Å². The predicted octanol–water partition coefficient (Wildman–Crippen LogP) is 6.52. The van der Waals surface area contributed by atoms with Crippen molar-refractivity contribution in [3.05, 3.63) is 75.6 Å². The number of carbonyl (C=O) groups is 2. The number of fused-ring (bicyclic) bond motifs is 1. The van der Waals surface area contributed by atoms with E-state index < -0.39 is 5.97 Å². The van der Waals surface area contributed by atoms with Crippen LogP contribution in [0.5, 0.6) is 0 Å². The average Bonchev–Trinajstić information content (AvgIpc) is 2.85. The maximum atomic E-state index is 12.9. The van der Waals surface area contributed by atoms with Crippen LogP contribution in [0, 0.1) is 0 Å². The van der Waals surface area contributed by atoms with Gasteiger partial charge in [-0.15, -0.1) is 0 Å². The zero-order chi connectivity index (χ0) is 24.3. The van der Waals surface area contributed by atoms with Crippen LogP contribution >= 0.6 is 0 Å². The number of hydrogen-bond acceptors (Lipinski definition) is 5. The fourth-order valence-electron chi connectivity index (χ4n) is 3.77. The number of nitrogens with one attached hydrogen (secondary N) is 1. The van der Waals surface area contributed by atoms with Gasteiger partial charge in [0.25, 0.3) is 5.91 Å². The Labute approximate surface area is 200 Å². The third kappa shape index (κ3) is 6.80. The Balaban J connectivity index is 1.69. The second-order valence-electron chi connectivity index (χ2n) is 8.46. The molecule has 0 unspecified atom stereocenters. The van der Waals surface area contributed by atoms with Crippen LogP contribution in [0.15, 0.2) is 57.7 Å². The second kappa shape index (κ2) is 12.7. The van der Waals surface area contributed by atoms with Crippen LogP contribution in [0.4, 0.5) is 5.69 Å². The number of amides is 1. The maximum Gasteiger partial charge on any atom is 0.374 e. The number of hydrogen-bond donors (Lipinski definition) is 1. The Bertz CT molecular complexity index is 1160. The molecule has 0 aliphatic carbocycles. The van der Waals surface area contributed by atoms with E-state index in [9.17, 15) is 14.4 Å². The van der Waals surface area contributed by atoms with Crippen LogP contribution in [0.25, 0.3) is 11.0 Å². The van der Waals surface area contributed by atoms with Crippen molar-refractivity contribution in [3.8, 4) is 0 Å². The first-order valence-corrected chi connectivity index (χ1v) is 12.2. The molecule has 34 heavy (non-hydrogen) atoms. The largest absolute Gasteiger partial charge is 0.460 e. The van der Waals surface area contributed by atoms with Gasteiger partial charge in [0.1, 0.15) is 0 Å². The Morgan fingerprint density at radius 3 is 2.38 bits per heavy atom. The lowest BCUT2D eigenvalue weighted by molar-refractivity contribution is 0.0469. The topological polar surface area (TPSA) is 85.6 Å². The van der Waals surface area contributed by atoms with E-state index in [2.05, 4.69) is 12.2 Å². The van der Waals surface area contributed by atoms with E-state index >= 15 is 0 Å². The Hall–Kier alpha value is -3.41. The van der Waals surface area contributed by atoms with Gasteiger partial charge in [0.15, 0.2) is 11.0 Å². The molecule has 0 saturated heterocycles. The molecule has 6 nitrogen and oxygen atoms in total. The molecule has 3 aromatic rings. The van der Waals surface area contributed by atoms with E-state index in [1.807, 2.05) is 19.1 Å². The Morgan fingerprint density at radius 1 is 0.912 bits per heavy atom. The fraction of sp³-hybridized carbons (Fsp3) is 0.393. The van der Waals surface area contributed by atoms with Crippen molar-refractivity contribution in [1.82, 2.24) is 0 Å². The second-order valence-corrected chi connectivity index (χ2v) is 8.46. The summed E-state index contributed by atoms with van der Waals surface area (Å²) in [6, 6.07) is 13.6. The maximum absolute atomic E-state index is 12.9. The van der Waals surface area contributed by atoms with E-state index in [0.29, 0.717) is 17.7 Å². The summed E-state index contributed by atoms with van der Waals surface area (Å²) in [5, 5.41) is 3.08. The normalized spacial score (nSPS) is 10.9. The lowest BCUT2D eigenvalue weighted by atomic mass is 10.0. The number of anilines is 1. The van der Waals surface area contributed by atoms with Crippen LogP contribution in [0.3, 0.4) is 0 Å². The van der Waals surface area contributed by atoms with Crippen molar-refractivity contribution >= 4 is 28.5 Å². The molecular weight excluding hydrogens is 430 g/mol. The molecule has 0 aliphatic rings. The standard InChI is InChI=1S/C28H33NO5/c1-3-5-6-7-8-9-11-20-14-16-21(17-15-20)27(31)29-23-13-10-12-22-24(30)19-25(34-26(22)23)28(32)33-18-4-2/h10,12-17,19H,3-9,11,18H2,1-2H3,(H,29,31). The minimum absolute atomic E-state index is 0.145.